The zero-order valence-electron chi connectivity index (χ0n) is 34.3. The Morgan fingerprint density at radius 3 is 1.19 bits per heavy atom. The van der Waals surface area contributed by atoms with Crippen LogP contribution < -0.4 is 16.0 Å². The lowest BCUT2D eigenvalue weighted by molar-refractivity contribution is -0.137. The highest BCUT2D eigenvalue weighted by atomic mass is 16.4. The van der Waals surface area contributed by atoms with Crippen LogP contribution in [-0.4, -0.2) is 47.9 Å². The number of aliphatic carboxylic acids is 1. The van der Waals surface area contributed by atoms with E-state index in [0.29, 0.717) is 45.2 Å². The van der Waals surface area contributed by atoms with Crippen molar-refractivity contribution in [2.75, 3.05) is 13.1 Å². The summed E-state index contributed by atoms with van der Waals surface area (Å²) in [6.45, 7) is 5.58. The summed E-state index contributed by atoms with van der Waals surface area (Å²) in [6.07, 6.45) is 38.4. The van der Waals surface area contributed by atoms with Gasteiger partial charge < -0.3 is 21.1 Å². The number of nitrogens with one attached hydrogen (secondary N) is 3. The van der Waals surface area contributed by atoms with Crippen LogP contribution in [0.2, 0.25) is 0 Å². The summed E-state index contributed by atoms with van der Waals surface area (Å²) in [5.41, 5.74) is 0. The molecule has 0 saturated heterocycles. The van der Waals surface area contributed by atoms with Crippen molar-refractivity contribution < 1.29 is 24.3 Å². The lowest BCUT2D eigenvalue weighted by Gasteiger charge is -2.19. The second-order valence-corrected chi connectivity index (χ2v) is 15.4. The van der Waals surface area contributed by atoms with E-state index in [1.807, 2.05) is 0 Å². The highest BCUT2D eigenvalue weighted by Gasteiger charge is 2.20. The third-order valence-corrected chi connectivity index (χ3v) is 10.3. The van der Waals surface area contributed by atoms with Crippen LogP contribution in [0.4, 0.5) is 0 Å². The molecule has 0 fully saturated rings. The molecule has 1 atom stereocenters. The second kappa shape index (κ2) is 40.1. The van der Waals surface area contributed by atoms with Crippen LogP contribution in [0, 0.1) is 0 Å². The number of carbonyl (C=O) groups excluding carboxylic acids is 3. The maximum atomic E-state index is 13.0. The molecule has 3 amide bonds. The molecule has 8 nitrogen and oxygen atoms in total. The van der Waals surface area contributed by atoms with Crippen molar-refractivity contribution in [3.05, 3.63) is 0 Å². The number of hydrogen-bond donors (Lipinski definition) is 4. The molecule has 0 spiro atoms. The van der Waals surface area contributed by atoms with Gasteiger partial charge in [0.05, 0.1) is 0 Å². The third kappa shape index (κ3) is 37.6. The lowest BCUT2D eigenvalue weighted by Crippen LogP contribution is -2.47. The molecule has 0 heterocycles. The minimum Gasteiger partial charge on any atom is -0.481 e. The maximum absolute atomic E-state index is 13.0. The Morgan fingerprint density at radius 1 is 0.404 bits per heavy atom. The predicted molar refractivity (Wildman–Crippen MR) is 219 cm³/mol. The molecule has 0 saturated carbocycles. The van der Waals surface area contributed by atoms with Gasteiger partial charge in [-0.2, -0.15) is 0 Å². The summed E-state index contributed by atoms with van der Waals surface area (Å²) in [6, 6.07) is -0.588. The molecule has 0 rings (SSSR count). The summed E-state index contributed by atoms with van der Waals surface area (Å²) in [4.78, 5) is 48.8. The molecule has 0 unspecified atom stereocenters. The first kappa shape index (κ1) is 49.9. The summed E-state index contributed by atoms with van der Waals surface area (Å²) in [5, 5.41) is 17.8. The van der Waals surface area contributed by atoms with Gasteiger partial charge in [-0.3, -0.25) is 19.2 Å². The van der Waals surface area contributed by atoms with Crippen molar-refractivity contribution >= 4 is 23.7 Å². The van der Waals surface area contributed by atoms with Crippen molar-refractivity contribution in [3.63, 3.8) is 0 Å². The summed E-state index contributed by atoms with van der Waals surface area (Å²) in [5.74, 6) is -0.948. The summed E-state index contributed by atoms with van der Waals surface area (Å²) in [7, 11) is 0. The molecule has 52 heavy (non-hydrogen) atoms. The van der Waals surface area contributed by atoms with E-state index in [9.17, 15) is 19.2 Å². The molecule has 4 N–H and O–H groups in total. The second-order valence-electron chi connectivity index (χ2n) is 15.4. The van der Waals surface area contributed by atoms with E-state index in [-0.39, 0.29) is 24.1 Å². The number of unbranched alkanes of at least 4 members (excludes halogenated alkanes) is 27. The van der Waals surface area contributed by atoms with E-state index in [4.69, 9.17) is 5.11 Å². The first-order valence-corrected chi connectivity index (χ1v) is 22.5. The first-order valence-electron chi connectivity index (χ1n) is 22.5. The lowest BCUT2D eigenvalue weighted by atomic mass is 10.0. The van der Waals surface area contributed by atoms with Crippen LogP contribution in [0.5, 0.6) is 0 Å². The average Bonchev–Trinajstić information content (AvgIpc) is 3.12. The Bertz CT molecular complexity index is 837. The summed E-state index contributed by atoms with van der Waals surface area (Å²) >= 11 is 0. The molecule has 0 aliphatic carbocycles. The molecular weight excluding hydrogens is 651 g/mol. The van der Waals surface area contributed by atoms with Crippen molar-refractivity contribution in [2.45, 2.75) is 245 Å². The molecule has 0 aromatic heterocycles. The molecule has 0 aromatic rings. The maximum Gasteiger partial charge on any atom is 0.303 e. The van der Waals surface area contributed by atoms with Gasteiger partial charge in [0.25, 0.3) is 0 Å². The van der Waals surface area contributed by atoms with Gasteiger partial charge in [-0.25, -0.2) is 0 Å². The van der Waals surface area contributed by atoms with E-state index in [1.165, 1.54) is 135 Å². The first-order chi connectivity index (χ1) is 25.4. The SMILES string of the molecule is CCCCCCCCCCCCCCCC(=O)NCCCC[C@H](NC(=O)CCCCCCCCCCCCCCC)C(=O)NCCCCCC(=O)O. The Hall–Kier alpha value is -2.12. The fraction of sp³-hybridized carbons (Fsp3) is 0.909. The highest BCUT2D eigenvalue weighted by molar-refractivity contribution is 5.87. The van der Waals surface area contributed by atoms with Crippen molar-refractivity contribution in [1.29, 1.82) is 0 Å². The van der Waals surface area contributed by atoms with Gasteiger partial charge in [-0.15, -0.1) is 0 Å². The number of hydrogen-bond acceptors (Lipinski definition) is 4. The van der Waals surface area contributed by atoms with Crippen LogP contribution in [0.3, 0.4) is 0 Å². The van der Waals surface area contributed by atoms with E-state index >= 15 is 0 Å². The van der Waals surface area contributed by atoms with Crippen molar-refractivity contribution in [3.8, 4) is 0 Å². The fourth-order valence-corrected chi connectivity index (χ4v) is 6.84. The minimum absolute atomic E-state index is 0.0733. The van der Waals surface area contributed by atoms with Crippen LogP contribution >= 0.6 is 0 Å². The van der Waals surface area contributed by atoms with E-state index in [2.05, 4.69) is 29.8 Å². The van der Waals surface area contributed by atoms with Gasteiger partial charge in [0.1, 0.15) is 6.04 Å². The minimum atomic E-state index is -0.800. The highest BCUT2D eigenvalue weighted by Crippen LogP contribution is 2.15. The molecule has 0 radical (unpaired) electrons. The normalized spacial score (nSPS) is 11.7. The van der Waals surface area contributed by atoms with Crippen LogP contribution in [0.1, 0.15) is 239 Å². The van der Waals surface area contributed by atoms with Crippen molar-refractivity contribution in [2.24, 2.45) is 0 Å². The smallest absolute Gasteiger partial charge is 0.303 e. The van der Waals surface area contributed by atoms with Crippen LogP contribution in [0.15, 0.2) is 0 Å². The number of rotatable bonds is 41. The van der Waals surface area contributed by atoms with Gasteiger partial charge >= 0.3 is 5.97 Å². The van der Waals surface area contributed by atoms with Gasteiger partial charge in [-0.1, -0.05) is 174 Å². The van der Waals surface area contributed by atoms with Gasteiger partial charge in [0.15, 0.2) is 0 Å². The van der Waals surface area contributed by atoms with Gasteiger partial charge in [0, 0.05) is 32.4 Å². The number of carboxylic acids is 1. The van der Waals surface area contributed by atoms with Gasteiger partial charge in [0.2, 0.25) is 17.7 Å². The number of carboxylic acid groups (broad SMARTS) is 1. The molecule has 306 valence electrons. The average molecular weight is 736 g/mol. The van der Waals surface area contributed by atoms with E-state index in [1.54, 1.807) is 0 Å². The predicted octanol–water partition coefficient (Wildman–Crippen LogP) is 11.5. The summed E-state index contributed by atoms with van der Waals surface area (Å²) < 4.78 is 0. The zero-order chi connectivity index (χ0) is 38.2. The quantitative estimate of drug-likeness (QED) is 0.0465. The molecular formula is C44H85N3O5. The zero-order valence-corrected chi connectivity index (χ0v) is 34.3. The Labute approximate surface area is 321 Å². The topological polar surface area (TPSA) is 125 Å². The number of amides is 3. The Balaban J connectivity index is 4.17. The largest absolute Gasteiger partial charge is 0.481 e. The molecule has 0 aliphatic rings. The van der Waals surface area contributed by atoms with Crippen LogP contribution in [0.25, 0.3) is 0 Å². The Morgan fingerprint density at radius 2 is 0.750 bits per heavy atom. The third-order valence-electron chi connectivity index (χ3n) is 10.3. The fourth-order valence-electron chi connectivity index (χ4n) is 6.84. The molecule has 0 aliphatic heterocycles. The Kier molecular flexibility index (Phi) is 38.4. The number of carbonyl (C=O) groups is 4. The van der Waals surface area contributed by atoms with Crippen LogP contribution in [-0.2, 0) is 19.2 Å². The van der Waals surface area contributed by atoms with Gasteiger partial charge in [-0.05, 0) is 44.9 Å². The van der Waals surface area contributed by atoms with E-state index < -0.39 is 12.0 Å². The molecule has 8 heteroatoms. The molecule has 0 bridgehead atoms. The standard InChI is InChI=1S/C44H85N3O5/c1-3-5-7-9-11-13-15-17-19-21-23-25-28-35-41(48)45-38-33-31-34-40(44(52)46-39-32-27-30-37-43(50)51)47-42(49)36-29-26-24-22-20-18-16-14-12-10-8-6-4-2/h40H,3-39H2,1-2H3,(H,45,48)(H,46,52)(H,47,49)(H,50,51)/t40-/m0/s1. The molecule has 0 aromatic carbocycles. The monoisotopic (exact) mass is 736 g/mol. The van der Waals surface area contributed by atoms with Crippen molar-refractivity contribution in [1.82, 2.24) is 16.0 Å². The van der Waals surface area contributed by atoms with E-state index in [0.717, 1.165) is 51.4 Å².